The Morgan fingerprint density at radius 3 is 2.67 bits per heavy atom. The van der Waals surface area contributed by atoms with Crippen molar-refractivity contribution in [3.8, 4) is 0 Å². The smallest absolute Gasteiger partial charge is 0.159 e. The lowest BCUT2D eigenvalue weighted by Gasteiger charge is -1.89. The van der Waals surface area contributed by atoms with Gasteiger partial charge in [0.2, 0.25) is 0 Å². The third-order valence-electron chi connectivity index (χ3n) is 0.686. The molecule has 0 aromatic carbocycles. The van der Waals surface area contributed by atoms with Crippen molar-refractivity contribution in [2.75, 3.05) is 0 Å². The van der Waals surface area contributed by atoms with Gasteiger partial charge in [-0.05, 0) is 15.9 Å². The lowest BCUT2D eigenvalue weighted by Crippen LogP contribution is -1.88. The predicted molar refractivity (Wildman–Crippen MR) is 34.5 cm³/mol. The fourth-order valence-electron chi connectivity index (χ4n) is 0.337. The number of hydrogen-bond donors (Lipinski definition) is 0. The Morgan fingerprint density at radius 2 is 2.22 bits per heavy atom. The molecule has 0 spiro atoms. The highest BCUT2D eigenvalue weighted by Gasteiger charge is 1.91. The van der Waals surface area contributed by atoms with E-state index in [4.69, 9.17) is 2.74 Å². The van der Waals surface area contributed by atoms with E-state index in [0.717, 1.165) is 0 Å². The van der Waals surface area contributed by atoms with Gasteiger partial charge >= 0.3 is 0 Å². The van der Waals surface area contributed by atoms with Crippen LogP contribution in [0, 0.1) is 0 Å². The van der Waals surface area contributed by atoms with Crippen LogP contribution in [0.3, 0.4) is 0 Å². The van der Waals surface area contributed by atoms with Crippen molar-refractivity contribution in [1.82, 2.24) is 9.97 Å². The summed E-state index contributed by atoms with van der Waals surface area (Å²) in [6.45, 7) is -0.842. The highest BCUT2D eigenvalue weighted by Crippen LogP contribution is 2.04. The fraction of sp³-hybridized carbons (Fsp3) is 0.200. The standard InChI is InChI=1S/C5H4BrFN2/c6-4-2-8-5(1-7)9-3-4/h2-3H,1H2/i2D,3D. The molecule has 0 amide bonds. The van der Waals surface area contributed by atoms with E-state index >= 15 is 0 Å². The molecule has 4 heteroatoms. The molecule has 48 valence electrons. The van der Waals surface area contributed by atoms with E-state index in [2.05, 4.69) is 25.9 Å². The summed E-state index contributed by atoms with van der Waals surface area (Å²) in [5.74, 6) is -0.122. The summed E-state index contributed by atoms with van der Waals surface area (Å²) in [6, 6.07) is 0. The number of hydrogen-bond acceptors (Lipinski definition) is 2. The summed E-state index contributed by atoms with van der Waals surface area (Å²) in [5, 5.41) is 0. The first-order valence-corrected chi connectivity index (χ1v) is 3.00. The summed E-state index contributed by atoms with van der Waals surface area (Å²) in [5.41, 5.74) is 0. The predicted octanol–water partition coefficient (Wildman–Crippen LogP) is 1.71. The molecule has 1 aromatic rings. The first kappa shape index (κ1) is 4.33. The molecule has 0 fully saturated rings. The SMILES string of the molecule is [2H]c1nc(CF)nc([2H])c1Br. The quantitative estimate of drug-likeness (QED) is 0.678. The van der Waals surface area contributed by atoms with Gasteiger partial charge in [0.25, 0.3) is 0 Å². The molecule has 0 bridgehead atoms. The molecule has 1 rings (SSSR count). The molecular weight excluding hydrogens is 187 g/mol. The van der Waals surface area contributed by atoms with Crippen molar-refractivity contribution >= 4 is 15.9 Å². The monoisotopic (exact) mass is 192 g/mol. The molecule has 0 radical (unpaired) electrons. The zero-order valence-electron chi connectivity index (χ0n) is 6.36. The van der Waals surface area contributed by atoms with E-state index in [1.54, 1.807) is 0 Å². The third-order valence-corrected chi connectivity index (χ3v) is 1.04. The van der Waals surface area contributed by atoms with Gasteiger partial charge in [-0.3, -0.25) is 0 Å². The summed E-state index contributed by atoms with van der Waals surface area (Å²) >= 11 is 2.92. The lowest BCUT2D eigenvalue weighted by atomic mass is 10.6. The number of nitrogens with zero attached hydrogens (tertiary/aromatic N) is 2. The summed E-state index contributed by atoms with van der Waals surface area (Å²) in [6.07, 6.45) is -0.310. The Morgan fingerprint density at radius 1 is 1.67 bits per heavy atom. The zero-order chi connectivity index (χ0) is 8.43. The Labute approximate surface area is 63.1 Å². The number of aromatic nitrogens is 2. The molecular formula is C5H4BrFN2. The second-order valence-corrected chi connectivity index (χ2v) is 2.10. The molecule has 0 saturated carbocycles. The summed E-state index contributed by atoms with van der Waals surface area (Å²) in [4.78, 5) is 6.93. The van der Waals surface area contributed by atoms with Gasteiger partial charge < -0.3 is 0 Å². The van der Waals surface area contributed by atoms with Gasteiger partial charge in [-0.1, -0.05) is 0 Å². The molecule has 0 aliphatic carbocycles. The number of alkyl halides is 1. The Kier molecular flexibility index (Phi) is 1.38. The number of rotatable bonds is 1. The molecule has 0 saturated heterocycles. The van der Waals surface area contributed by atoms with E-state index in [0.29, 0.717) is 0 Å². The second-order valence-electron chi connectivity index (χ2n) is 1.31. The van der Waals surface area contributed by atoms with Crippen molar-refractivity contribution in [2.45, 2.75) is 6.67 Å². The van der Waals surface area contributed by atoms with Crippen LogP contribution in [-0.4, -0.2) is 9.97 Å². The van der Waals surface area contributed by atoms with E-state index in [9.17, 15) is 4.39 Å². The van der Waals surface area contributed by atoms with Crippen LogP contribution < -0.4 is 0 Å². The number of halogens is 2. The van der Waals surface area contributed by atoms with E-state index in [1.165, 1.54) is 0 Å². The highest BCUT2D eigenvalue weighted by atomic mass is 79.9. The molecule has 0 aliphatic rings. The average Bonchev–Trinajstić information content (AvgIpc) is 1.99. The van der Waals surface area contributed by atoms with E-state index in [-0.39, 0.29) is 22.6 Å². The topological polar surface area (TPSA) is 25.8 Å². The summed E-state index contributed by atoms with van der Waals surface area (Å²) in [7, 11) is 0. The van der Waals surface area contributed by atoms with Gasteiger partial charge in [0.1, 0.15) is 6.67 Å². The summed E-state index contributed by atoms with van der Waals surface area (Å²) < 4.78 is 26.3. The van der Waals surface area contributed by atoms with Gasteiger partial charge in [0.15, 0.2) is 5.82 Å². The molecule has 9 heavy (non-hydrogen) atoms. The molecule has 0 aliphatic heterocycles. The Hall–Kier alpha value is -0.510. The van der Waals surface area contributed by atoms with Gasteiger partial charge in [-0.2, -0.15) is 0 Å². The molecule has 1 aromatic heterocycles. The Balaban J connectivity index is 3.21. The lowest BCUT2D eigenvalue weighted by molar-refractivity contribution is 0.465. The second kappa shape index (κ2) is 2.87. The van der Waals surface area contributed by atoms with Crippen LogP contribution in [0.4, 0.5) is 4.39 Å². The van der Waals surface area contributed by atoms with Crippen molar-refractivity contribution in [3.05, 3.63) is 22.6 Å². The minimum atomic E-state index is -0.842. The molecule has 0 atom stereocenters. The van der Waals surface area contributed by atoms with Crippen LogP contribution in [0.1, 0.15) is 8.57 Å². The normalized spacial score (nSPS) is 12.7. The van der Waals surface area contributed by atoms with Gasteiger partial charge in [0.05, 0.1) is 7.21 Å². The maximum absolute atomic E-state index is 11.9. The first-order valence-electron chi connectivity index (χ1n) is 3.20. The van der Waals surface area contributed by atoms with Crippen LogP contribution in [0.5, 0.6) is 0 Å². The van der Waals surface area contributed by atoms with Crippen LogP contribution in [0.15, 0.2) is 16.8 Å². The van der Waals surface area contributed by atoms with Crippen molar-refractivity contribution in [2.24, 2.45) is 0 Å². The van der Waals surface area contributed by atoms with Gasteiger partial charge in [-0.15, -0.1) is 0 Å². The average molecular weight is 193 g/mol. The molecule has 0 N–H and O–H groups in total. The van der Waals surface area contributed by atoms with Crippen molar-refractivity contribution in [1.29, 1.82) is 0 Å². The fourth-order valence-corrected chi connectivity index (χ4v) is 0.514. The minimum Gasteiger partial charge on any atom is -0.242 e. The van der Waals surface area contributed by atoms with Gasteiger partial charge in [0, 0.05) is 12.3 Å². The van der Waals surface area contributed by atoms with Crippen LogP contribution in [-0.2, 0) is 6.67 Å². The van der Waals surface area contributed by atoms with E-state index < -0.39 is 6.67 Å². The van der Waals surface area contributed by atoms with E-state index in [1.807, 2.05) is 0 Å². The Bertz CT molecular complexity index is 258. The maximum Gasteiger partial charge on any atom is 0.159 e. The van der Waals surface area contributed by atoms with Crippen molar-refractivity contribution < 1.29 is 7.13 Å². The molecule has 1 heterocycles. The highest BCUT2D eigenvalue weighted by molar-refractivity contribution is 9.10. The third kappa shape index (κ3) is 1.71. The minimum absolute atomic E-state index is 0.122. The zero-order valence-corrected chi connectivity index (χ0v) is 5.94. The van der Waals surface area contributed by atoms with Crippen LogP contribution in [0.25, 0.3) is 0 Å². The maximum atomic E-state index is 11.9. The molecule has 0 unspecified atom stereocenters. The first-order chi connectivity index (χ1) is 5.15. The molecule has 2 nitrogen and oxygen atoms in total. The van der Waals surface area contributed by atoms with Gasteiger partial charge in [-0.25, -0.2) is 14.4 Å². The van der Waals surface area contributed by atoms with Crippen LogP contribution >= 0.6 is 15.9 Å². The largest absolute Gasteiger partial charge is 0.242 e. The van der Waals surface area contributed by atoms with Crippen LogP contribution in [0.2, 0.25) is 0 Å². The van der Waals surface area contributed by atoms with Crippen molar-refractivity contribution in [3.63, 3.8) is 0 Å².